The van der Waals surface area contributed by atoms with Gasteiger partial charge in [0.15, 0.2) is 16.6 Å². The summed E-state index contributed by atoms with van der Waals surface area (Å²) in [4.78, 5) is 0. The van der Waals surface area contributed by atoms with Crippen LogP contribution in [0.4, 0.5) is 0 Å². The predicted molar refractivity (Wildman–Crippen MR) is 107 cm³/mol. The lowest BCUT2D eigenvalue weighted by Crippen LogP contribution is -2.48. The fourth-order valence-electron chi connectivity index (χ4n) is 2.03. The summed E-state index contributed by atoms with van der Waals surface area (Å²) < 4.78 is 19.0. The quantitative estimate of drug-likeness (QED) is 0.509. The first-order valence-corrected chi connectivity index (χ1v) is 15.1. The molecule has 0 spiro atoms. The first-order valence-electron chi connectivity index (χ1n) is 8.72. The highest BCUT2D eigenvalue weighted by molar-refractivity contribution is 7.80. The van der Waals surface area contributed by atoms with E-state index in [2.05, 4.69) is 80.4 Å². The third-order valence-corrected chi connectivity index (χ3v) is 15.2. The van der Waals surface area contributed by atoms with E-state index in [1.54, 1.807) is 0 Å². The van der Waals surface area contributed by atoms with E-state index < -0.39 is 16.6 Å². The van der Waals surface area contributed by atoms with Crippen LogP contribution in [0.5, 0.6) is 0 Å². The highest BCUT2D eigenvalue weighted by Gasteiger charge is 2.45. The lowest BCUT2D eigenvalue weighted by molar-refractivity contribution is 0.00526. The zero-order chi connectivity index (χ0) is 18.3. The maximum atomic E-state index is 6.60. The van der Waals surface area contributed by atoms with Crippen LogP contribution in [0.25, 0.3) is 0 Å². The molecule has 0 aliphatic carbocycles. The summed E-state index contributed by atoms with van der Waals surface area (Å²) in [7, 11) is -3.58. The highest BCUT2D eigenvalue weighted by atomic mass is 32.1. The number of rotatable bonds is 5. The maximum absolute atomic E-state index is 6.60. The molecule has 0 aromatic rings. The minimum Gasteiger partial charge on any atom is -0.414 e. The fourth-order valence-corrected chi connectivity index (χ4v) is 4.76. The second-order valence-corrected chi connectivity index (χ2v) is 20.0. The Balaban J connectivity index is 2.74. The molecule has 1 aliphatic rings. The summed E-state index contributed by atoms with van der Waals surface area (Å²) in [5, 5.41) is 0.411. The Morgan fingerprint density at radius 3 is 1.87 bits per heavy atom. The van der Waals surface area contributed by atoms with Crippen LogP contribution < -0.4 is 0 Å². The van der Waals surface area contributed by atoms with Gasteiger partial charge in [-0.15, -0.1) is 12.6 Å². The molecule has 0 amide bonds. The fraction of sp³-hybridized carbons (Fsp3) is 1.00. The van der Waals surface area contributed by atoms with E-state index in [9.17, 15) is 0 Å². The summed E-state index contributed by atoms with van der Waals surface area (Å²) in [6, 6.07) is 0. The molecule has 1 fully saturated rings. The van der Waals surface area contributed by atoms with E-state index in [1.165, 1.54) is 0 Å². The molecule has 1 aliphatic heterocycles. The van der Waals surface area contributed by atoms with Crippen LogP contribution in [0.15, 0.2) is 0 Å². The molecular weight excluding hydrogens is 340 g/mol. The van der Waals surface area contributed by atoms with Crippen LogP contribution >= 0.6 is 12.6 Å². The van der Waals surface area contributed by atoms with Crippen LogP contribution in [0, 0.1) is 0 Å². The molecule has 0 radical (unpaired) electrons. The zero-order valence-corrected chi connectivity index (χ0v) is 19.7. The average Bonchev–Trinajstić information content (AvgIpc) is 2.63. The van der Waals surface area contributed by atoms with Crippen molar-refractivity contribution < 1.29 is 13.6 Å². The number of hydrogen-bond acceptors (Lipinski definition) is 4. The SMILES string of the molecule is CC(C)(C)[Si](C)(C)OC[C@H]1OC(S)C[C@@H]1O[Si](C)(C)C(C)(C)C. The topological polar surface area (TPSA) is 27.7 Å². The molecule has 0 bridgehead atoms. The summed E-state index contributed by atoms with van der Waals surface area (Å²) in [6.07, 6.45) is 0.949. The molecule has 3 atom stereocenters. The Hall–Kier alpha value is 0.664. The first kappa shape index (κ1) is 21.7. The first-order chi connectivity index (χ1) is 10.1. The van der Waals surface area contributed by atoms with Crippen LogP contribution in [0.3, 0.4) is 0 Å². The molecule has 1 heterocycles. The maximum Gasteiger partial charge on any atom is 0.192 e. The van der Waals surface area contributed by atoms with Gasteiger partial charge in [-0.25, -0.2) is 0 Å². The van der Waals surface area contributed by atoms with Gasteiger partial charge in [0.1, 0.15) is 11.5 Å². The van der Waals surface area contributed by atoms with Crippen molar-refractivity contribution in [3.05, 3.63) is 0 Å². The van der Waals surface area contributed by atoms with Crippen molar-refractivity contribution in [2.45, 2.75) is 102 Å². The Morgan fingerprint density at radius 2 is 1.43 bits per heavy atom. The molecule has 0 saturated carbocycles. The highest BCUT2D eigenvalue weighted by Crippen LogP contribution is 2.41. The van der Waals surface area contributed by atoms with E-state index in [0.29, 0.717) is 6.61 Å². The molecule has 0 N–H and O–H groups in total. The van der Waals surface area contributed by atoms with Crippen LogP contribution in [-0.4, -0.2) is 40.9 Å². The second kappa shape index (κ2) is 7.12. The van der Waals surface area contributed by atoms with Crippen molar-refractivity contribution in [3.8, 4) is 0 Å². The molecule has 23 heavy (non-hydrogen) atoms. The number of ether oxygens (including phenoxy) is 1. The summed E-state index contributed by atoms with van der Waals surface area (Å²) in [5.41, 5.74) is -0.0437. The van der Waals surface area contributed by atoms with Crippen molar-refractivity contribution in [3.63, 3.8) is 0 Å². The van der Waals surface area contributed by atoms with E-state index in [1.807, 2.05) is 0 Å². The lowest BCUT2D eigenvalue weighted by Gasteiger charge is -2.40. The third kappa shape index (κ3) is 5.57. The molecule has 0 aromatic carbocycles. The van der Waals surface area contributed by atoms with Gasteiger partial charge in [0.05, 0.1) is 12.7 Å². The van der Waals surface area contributed by atoms with Gasteiger partial charge in [-0.1, -0.05) is 41.5 Å². The van der Waals surface area contributed by atoms with Crippen molar-refractivity contribution in [2.75, 3.05) is 6.61 Å². The molecular formula is C17H38O3SSi2. The smallest absolute Gasteiger partial charge is 0.192 e. The van der Waals surface area contributed by atoms with E-state index >= 15 is 0 Å². The van der Waals surface area contributed by atoms with E-state index in [-0.39, 0.29) is 27.7 Å². The zero-order valence-electron chi connectivity index (χ0n) is 16.8. The largest absolute Gasteiger partial charge is 0.414 e. The average molecular weight is 379 g/mol. The molecule has 1 unspecified atom stereocenters. The molecule has 3 nitrogen and oxygen atoms in total. The van der Waals surface area contributed by atoms with Gasteiger partial charge < -0.3 is 13.6 Å². The Bertz CT molecular complexity index is 400. The summed E-state index contributed by atoms with van der Waals surface area (Å²) in [6.45, 7) is 23.4. The number of thiol groups is 1. The van der Waals surface area contributed by atoms with Crippen molar-refractivity contribution >= 4 is 29.3 Å². The Morgan fingerprint density at radius 1 is 0.957 bits per heavy atom. The van der Waals surface area contributed by atoms with Gasteiger partial charge in [-0.2, -0.15) is 0 Å². The van der Waals surface area contributed by atoms with Gasteiger partial charge in [0, 0.05) is 6.42 Å². The second-order valence-electron chi connectivity index (χ2n) is 9.85. The van der Waals surface area contributed by atoms with Crippen molar-refractivity contribution in [2.24, 2.45) is 0 Å². The summed E-state index contributed by atoms with van der Waals surface area (Å²) in [5.74, 6) is 0. The van der Waals surface area contributed by atoms with E-state index in [4.69, 9.17) is 13.6 Å². The molecule has 138 valence electrons. The summed E-state index contributed by atoms with van der Waals surface area (Å²) >= 11 is 4.52. The predicted octanol–water partition coefficient (Wildman–Crippen LogP) is 5.44. The monoisotopic (exact) mass is 378 g/mol. The van der Waals surface area contributed by atoms with Gasteiger partial charge >= 0.3 is 0 Å². The minimum absolute atomic E-state index is 0.000694. The number of hydrogen-bond donors (Lipinski definition) is 1. The molecule has 1 rings (SSSR count). The van der Waals surface area contributed by atoms with Gasteiger partial charge in [-0.05, 0) is 36.3 Å². The third-order valence-electron chi connectivity index (χ3n) is 5.85. The lowest BCUT2D eigenvalue weighted by atomic mass is 10.2. The van der Waals surface area contributed by atoms with Crippen molar-refractivity contribution in [1.82, 2.24) is 0 Å². The molecule has 0 aromatic heterocycles. The van der Waals surface area contributed by atoms with Gasteiger partial charge in [0.25, 0.3) is 0 Å². The van der Waals surface area contributed by atoms with E-state index in [0.717, 1.165) is 6.42 Å². The van der Waals surface area contributed by atoms with Crippen LogP contribution in [-0.2, 0) is 13.6 Å². The van der Waals surface area contributed by atoms with Crippen molar-refractivity contribution in [1.29, 1.82) is 0 Å². The minimum atomic E-state index is -1.81. The van der Waals surface area contributed by atoms with Gasteiger partial charge in [0.2, 0.25) is 0 Å². The normalized spacial score (nSPS) is 27.5. The molecule has 6 heteroatoms. The van der Waals surface area contributed by atoms with Crippen LogP contribution in [0.2, 0.25) is 36.3 Å². The molecule has 1 saturated heterocycles. The van der Waals surface area contributed by atoms with Crippen LogP contribution in [0.1, 0.15) is 48.0 Å². The standard InChI is InChI=1S/C17H38O3SSi2/c1-16(2,3)22(7,8)18-12-14-13(11-15(21)19-14)20-23(9,10)17(4,5)6/h13-15,21H,11-12H2,1-10H3/t13-,14+,15?/m0/s1. The van der Waals surface area contributed by atoms with Gasteiger partial charge in [-0.3, -0.25) is 0 Å². The Kier molecular flexibility index (Phi) is 6.71. The Labute approximate surface area is 151 Å².